The molecule has 0 amide bonds. The van der Waals surface area contributed by atoms with E-state index in [4.69, 9.17) is 23.8 Å². The normalized spacial score (nSPS) is 19.1. The first-order valence-electron chi connectivity index (χ1n) is 7.15. The number of thiocarbonyl (C=S) groups is 1. The molecule has 3 nitrogen and oxygen atoms in total. The number of rotatable bonds is 4. The van der Waals surface area contributed by atoms with Gasteiger partial charge in [-0.2, -0.15) is 0 Å². The summed E-state index contributed by atoms with van der Waals surface area (Å²) in [5.74, 6) is 0. The van der Waals surface area contributed by atoms with E-state index in [2.05, 4.69) is 22.5 Å². The lowest BCUT2D eigenvalue weighted by Gasteiger charge is -2.23. The molecule has 0 aromatic heterocycles. The van der Waals surface area contributed by atoms with Gasteiger partial charge in [-0.05, 0) is 62.8 Å². The predicted octanol–water partition coefficient (Wildman–Crippen LogP) is 3.42. The van der Waals surface area contributed by atoms with Crippen molar-refractivity contribution in [2.75, 3.05) is 25.0 Å². The molecule has 1 atom stereocenters. The molecule has 2 rings (SSSR count). The van der Waals surface area contributed by atoms with E-state index in [9.17, 15) is 0 Å². The summed E-state index contributed by atoms with van der Waals surface area (Å²) in [6.07, 6.45) is 2.54. The molecule has 5 heteroatoms. The number of halogens is 1. The van der Waals surface area contributed by atoms with Crippen molar-refractivity contribution < 1.29 is 0 Å². The van der Waals surface area contributed by atoms with Gasteiger partial charge in [0.1, 0.15) is 0 Å². The van der Waals surface area contributed by atoms with E-state index >= 15 is 0 Å². The van der Waals surface area contributed by atoms with Crippen LogP contribution in [0.15, 0.2) is 18.2 Å². The quantitative estimate of drug-likeness (QED) is 0.833. The molecule has 2 N–H and O–H groups in total. The van der Waals surface area contributed by atoms with E-state index in [1.807, 2.05) is 25.1 Å². The zero-order valence-electron chi connectivity index (χ0n) is 12.1. The number of nitrogens with one attached hydrogen (secondary N) is 2. The minimum Gasteiger partial charge on any atom is -0.361 e. The second kappa shape index (κ2) is 7.25. The van der Waals surface area contributed by atoms with Crippen LogP contribution in [-0.4, -0.2) is 35.7 Å². The summed E-state index contributed by atoms with van der Waals surface area (Å²) < 4.78 is 0. The van der Waals surface area contributed by atoms with Gasteiger partial charge in [0.05, 0.1) is 0 Å². The Morgan fingerprint density at radius 3 is 3.00 bits per heavy atom. The van der Waals surface area contributed by atoms with Crippen LogP contribution < -0.4 is 10.6 Å². The van der Waals surface area contributed by atoms with Crippen LogP contribution in [-0.2, 0) is 0 Å². The number of anilines is 1. The molecule has 1 aromatic rings. The third-order valence-electron chi connectivity index (χ3n) is 3.83. The molecule has 0 spiro atoms. The van der Waals surface area contributed by atoms with Gasteiger partial charge in [-0.1, -0.05) is 24.6 Å². The van der Waals surface area contributed by atoms with E-state index in [-0.39, 0.29) is 0 Å². The third-order valence-corrected chi connectivity index (χ3v) is 4.49. The Hall–Kier alpha value is -0.840. The smallest absolute Gasteiger partial charge is 0.170 e. The maximum atomic E-state index is 6.11. The van der Waals surface area contributed by atoms with Gasteiger partial charge < -0.3 is 10.6 Å². The number of likely N-dealkylation sites (tertiary alicyclic amines) is 1. The molecule has 0 bridgehead atoms. The van der Waals surface area contributed by atoms with Gasteiger partial charge in [0.2, 0.25) is 0 Å². The average Bonchev–Trinajstić information content (AvgIpc) is 2.88. The molecule has 0 unspecified atom stereocenters. The van der Waals surface area contributed by atoms with E-state index in [0.29, 0.717) is 11.2 Å². The number of hydrogen-bond donors (Lipinski definition) is 2. The highest BCUT2D eigenvalue weighted by molar-refractivity contribution is 7.80. The lowest BCUT2D eigenvalue weighted by molar-refractivity contribution is 0.267. The van der Waals surface area contributed by atoms with Crippen molar-refractivity contribution in [3.05, 3.63) is 28.8 Å². The van der Waals surface area contributed by atoms with Gasteiger partial charge in [0.25, 0.3) is 0 Å². The average molecular weight is 312 g/mol. The van der Waals surface area contributed by atoms with E-state index in [0.717, 1.165) is 29.4 Å². The molecule has 110 valence electrons. The topological polar surface area (TPSA) is 27.3 Å². The summed E-state index contributed by atoms with van der Waals surface area (Å²) in [6, 6.07) is 6.48. The first-order valence-corrected chi connectivity index (χ1v) is 7.94. The number of nitrogens with zero attached hydrogens (tertiary/aromatic N) is 1. The van der Waals surface area contributed by atoms with Crippen LogP contribution in [0.25, 0.3) is 0 Å². The molecule has 1 aliphatic rings. The largest absolute Gasteiger partial charge is 0.361 e. The molecule has 0 saturated carbocycles. The van der Waals surface area contributed by atoms with E-state index in [1.165, 1.54) is 19.4 Å². The minimum absolute atomic E-state index is 0.598. The Bertz CT molecular complexity index is 478. The monoisotopic (exact) mass is 311 g/mol. The standard InChI is InChI=1S/C15H22ClN3S/c1-3-19-8-4-5-13(19)10-17-15(20)18-12-7-6-11(2)14(16)9-12/h6-7,9,13H,3-5,8,10H2,1-2H3,(H2,17,18,20)/t13-/m0/s1. The van der Waals surface area contributed by atoms with Crippen molar-refractivity contribution in [3.63, 3.8) is 0 Å². The molecule has 0 radical (unpaired) electrons. The molecule has 1 saturated heterocycles. The SMILES string of the molecule is CCN1CCC[C@H]1CNC(=S)Nc1ccc(C)c(Cl)c1. The van der Waals surface area contributed by atoms with Gasteiger partial charge in [-0.3, -0.25) is 4.90 Å². The molecule has 1 fully saturated rings. The van der Waals surface area contributed by atoms with Crippen molar-refractivity contribution in [1.29, 1.82) is 0 Å². The molecule has 0 aliphatic carbocycles. The van der Waals surface area contributed by atoms with Crippen LogP contribution >= 0.6 is 23.8 Å². The Kier molecular flexibility index (Phi) is 5.64. The number of hydrogen-bond acceptors (Lipinski definition) is 2. The molecule has 1 heterocycles. The maximum absolute atomic E-state index is 6.11. The van der Waals surface area contributed by atoms with Crippen LogP contribution in [0.2, 0.25) is 5.02 Å². The van der Waals surface area contributed by atoms with Crippen LogP contribution in [0.1, 0.15) is 25.3 Å². The van der Waals surface area contributed by atoms with Gasteiger partial charge >= 0.3 is 0 Å². The van der Waals surface area contributed by atoms with Crippen molar-refractivity contribution >= 4 is 34.6 Å². The fraction of sp³-hybridized carbons (Fsp3) is 0.533. The summed E-state index contributed by atoms with van der Waals surface area (Å²) in [6.45, 7) is 7.42. The fourth-order valence-electron chi connectivity index (χ4n) is 2.60. The summed E-state index contributed by atoms with van der Waals surface area (Å²) in [5, 5.41) is 7.91. The lowest BCUT2D eigenvalue weighted by atomic mass is 10.2. The Labute approximate surface area is 131 Å². The lowest BCUT2D eigenvalue weighted by Crippen LogP contribution is -2.41. The van der Waals surface area contributed by atoms with Crippen LogP contribution in [0.5, 0.6) is 0 Å². The summed E-state index contributed by atoms with van der Waals surface area (Å²) >= 11 is 11.4. The summed E-state index contributed by atoms with van der Waals surface area (Å²) in [5.41, 5.74) is 2.00. The van der Waals surface area contributed by atoms with Gasteiger partial charge in [-0.25, -0.2) is 0 Å². The molecule has 1 aliphatic heterocycles. The maximum Gasteiger partial charge on any atom is 0.170 e. The highest BCUT2D eigenvalue weighted by Gasteiger charge is 2.22. The van der Waals surface area contributed by atoms with Crippen LogP contribution in [0.3, 0.4) is 0 Å². The van der Waals surface area contributed by atoms with Crippen molar-refractivity contribution in [2.24, 2.45) is 0 Å². The second-order valence-electron chi connectivity index (χ2n) is 5.22. The molecular weight excluding hydrogens is 290 g/mol. The summed E-state index contributed by atoms with van der Waals surface area (Å²) in [4.78, 5) is 2.50. The van der Waals surface area contributed by atoms with E-state index in [1.54, 1.807) is 0 Å². The zero-order valence-corrected chi connectivity index (χ0v) is 13.7. The highest BCUT2D eigenvalue weighted by atomic mass is 35.5. The van der Waals surface area contributed by atoms with Crippen molar-refractivity contribution in [1.82, 2.24) is 10.2 Å². The predicted molar refractivity (Wildman–Crippen MR) is 90.7 cm³/mol. The van der Waals surface area contributed by atoms with Gasteiger partial charge in [0.15, 0.2) is 5.11 Å². The van der Waals surface area contributed by atoms with Gasteiger partial charge in [0, 0.05) is 23.3 Å². The van der Waals surface area contributed by atoms with E-state index < -0.39 is 0 Å². The molecular formula is C15H22ClN3S. The number of aryl methyl sites for hydroxylation is 1. The second-order valence-corrected chi connectivity index (χ2v) is 6.04. The van der Waals surface area contributed by atoms with Crippen molar-refractivity contribution in [3.8, 4) is 0 Å². The minimum atomic E-state index is 0.598. The first-order chi connectivity index (χ1) is 9.60. The number of benzene rings is 1. The summed E-state index contributed by atoms with van der Waals surface area (Å²) in [7, 11) is 0. The fourth-order valence-corrected chi connectivity index (χ4v) is 2.98. The first kappa shape index (κ1) is 15.5. The third kappa shape index (κ3) is 4.08. The van der Waals surface area contributed by atoms with Crippen molar-refractivity contribution in [2.45, 2.75) is 32.7 Å². The van der Waals surface area contributed by atoms with Crippen LogP contribution in [0, 0.1) is 6.92 Å². The van der Waals surface area contributed by atoms with Crippen LogP contribution in [0.4, 0.5) is 5.69 Å². The van der Waals surface area contributed by atoms with Gasteiger partial charge in [-0.15, -0.1) is 0 Å². The Morgan fingerprint density at radius 1 is 1.50 bits per heavy atom. The Balaban J connectivity index is 1.81. The molecule has 20 heavy (non-hydrogen) atoms. The number of likely N-dealkylation sites (N-methyl/N-ethyl adjacent to an activating group) is 1. The Morgan fingerprint density at radius 2 is 2.30 bits per heavy atom. The zero-order chi connectivity index (χ0) is 14.5. The highest BCUT2D eigenvalue weighted by Crippen LogP contribution is 2.20. The molecule has 1 aromatic carbocycles.